The molecule has 0 fully saturated rings. The van der Waals surface area contributed by atoms with Gasteiger partial charge in [-0.05, 0) is 30.2 Å². The van der Waals surface area contributed by atoms with Crippen LogP contribution in [-0.2, 0) is 13.2 Å². The van der Waals surface area contributed by atoms with Crippen molar-refractivity contribution in [2.45, 2.75) is 20.1 Å². The number of ether oxygens (including phenoxy) is 1. The van der Waals surface area contributed by atoms with E-state index in [2.05, 4.69) is 4.98 Å². The summed E-state index contributed by atoms with van der Waals surface area (Å²) in [5, 5.41) is 8.93. The number of pyridine rings is 1. The van der Waals surface area contributed by atoms with Crippen molar-refractivity contribution in [2.75, 3.05) is 0 Å². The van der Waals surface area contributed by atoms with Crippen LogP contribution in [0.3, 0.4) is 0 Å². The molecule has 0 bridgehead atoms. The van der Waals surface area contributed by atoms with E-state index >= 15 is 0 Å². The molecule has 0 unspecified atom stereocenters. The van der Waals surface area contributed by atoms with Crippen LogP contribution in [0.2, 0.25) is 0 Å². The molecule has 0 spiro atoms. The standard InChI is InChI=1S/C14H15NO2/c1-11-14(3-2-8-15-11)17-10-13-6-4-12(9-16)5-7-13/h2-8,16H,9-10H2,1H3. The summed E-state index contributed by atoms with van der Waals surface area (Å²) < 4.78 is 5.67. The smallest absolute Gasteiger partial charge is 0.141 e. The summed E-state index contributed by atoms with van der Waals surface area (Å²) in [4.78, 5) is 4.16. The highest BCUT2D eigenvalue weighted by Crippen LogP contribution is 2.15. The van der Waals surface area contributed by atoms with Crippen LogP contribution in [-0.4, -0.2) is 10.1 Å². The molecule has 1 aromatic heterocycles. The minimum atomic E-state index is 0.0723. The molecular weight excluding hydrogens is 214 g/mol. The molecule has 0 saturated heterocycles. The lowest BCUT2D eigenvalue weighted by Gasteiger charge is -2.08. The third kappa shape index (κ3) is 3.04. The normalized spacial score (nSPS) is 10.2. The molecule has 1 heterocycles. The summed E-state index contributed by atoms with van der Waals surface area (Å²) in [6.07, 6.45) is 1.75. The van der Waals surface area contributed by atoms with E-state index in [-0.39, 0.29) is 6.61 Å². The Morgan fingerprint density at radius 3 is 2.47 bits per heavy atom. The Morgan fingerprint density at radius 1 is 1.12 bits per heavy atom. The Balaban J connectivity index is 2.00. The summed E-state index contributed by atoms with van der Waals surface area (Å²) in [6.45, 7) is 2.51. The molecule has 3 nitrogen and oxygen atoms in total. The van der Waals surface area contributed by atoms with Gasteiger partial charge in [-0.2, -0.15) is 0 Å². The van der Waals surface area contributed by atoms with Crippen LogP contribution in [0.1, 0.15) is 16.8 Å². The molecular formula is C14H15NO2. The zero-order valence-electron chi connectivity index (χ0n) is 9.76. The molecule has 0 aliphatic heterocycles. The number of aryl methyl sites for hydroxylation is 1. The quantitative estimate of drug-likeness (QED) is 0.875. The van der Waals surface area contributed by atoms with Crippen LogP contribution < -0.4 is 4.74 Å². The molecule has 0 atom stereocenters. The van der Waals surface area contributed by atoms with Crippen molar-refractivity contribution in [1.82, 2.24) is 4.98 Å². The van der Waals surface area contributed by atoms with Gasteiger partial charge in [0.05, 0.1) is 12.3 Å². The Bertz CT molecular complexity index is 480. The number of rotatable bonds is 4. The molecule has 2 rings (SSSR count). The van der Waals surface area contributed by atoms with E-state index in [1.165, 1.54) is 0 Å². The Hall–Kier alpha value is -1.87. The number of benzene rings is 1. The summed E-state index contributed by atoms with van der Waals surface area (Å²) in [5.41, 5.74) is 2.87. The minimum absolute atomic E-state index is 0.0723. The van der Waals surface area contributed by atoms with Gasteiger partial charge in [0.25, 0.3) is 0 Å². The Morgan fingerprint density at radius 2 is 1.82 bits per heavy atom. The lowest BCUT2D eigenvalue weighted by atomic mass is 10.1. The van der Waals surface area contributed by atoms with Crippen LogP contribution in [0.15, 0.2) is 42.6 Å². The summed E-state index contributed by atoms with van der Waals surface area (Å²) in [7, 11) is 0. The minimum Gasteiger partial charge on any atom is -0.487 e. The van der Waals surface area contributed by atoms with E-state index < -0.39 is 0 Å². The van der Waals surface area contributed by atoms with Crippen molar-refractivity contribution >= 4 is 0 Å². The van der Waals surface area contributed by atoms with Crippen LogP contribution in [0, 0.1) is 6.92 Å². The predicted octanol–water partition coefficient (Wildman–Crippen LogP) is 2.46. The van der Waals surface area contributed by atoms with Crippen molar-refractivity contribution in [3.05, 3.63) is 59.4 Å². The van der Waals surface area contributed by atoms with E-state index in [4.69, 9.17) is 9.84 Å². The van der Waals surface area contributed by atoms with Crippen LogP contribution in [0.4, 0.5) is 0 Å². The van der Waals surface area contributed by atoms with Gasteiger partial charge >= 0.3 is 0 Å². The lowest BCUT2D eigenvalue weighted by molar-refractivity contribution is 0.281. The number of aliphatic hydroxyl groups is 1. The molecule has 0 saturated carbocycles. The topological polar surface area (TPSA) is 42.4 Å². The summed E-state index contributed by atoms with van der Waals surface area (Å²) in [5.74, 6) is 0.804. The Kier molecular flexibility index (Phi) is 3.73. The second-order valence-electron chi connectivity index (χ2n) is 3.85. The molecule has 1 aromatic carbocycles. The lowest BCUT2D eigenvalue weighted by Crippen LogP contribution is -1.98. The van der Waals surface area contributed by atoms with Crippen LogP contribution in [0.5, 0.6) is 5.75 Å². The number of aromatic nitrogens is 1. The molecule has 88 valence electrons. The second-order valence-corrected chi connectivity index (χ2v) is 3.85. The van der Waals surface area contributed by atoms with E-state index in [1.54, 1.807) is 6.20 Å². The van der Waals surface area contributed by atoms with Crippen molar-refractivity contribution in [3.8, 4) is 5.75 Å². The largest absolute Gasteiger partial charge is 0.487 e. The SMILES string of the molecule is Cc1ncccc1OCc1ccc(CO)cc1. The summed E-state index contributed by atoms with van der Waals surface area (Å²) in [6, 6.07) is 11.5. The molecule has 0 aliphatic rings. The fraction of sp³-hybridized carbons (Fsp3) is 0.214. The van der Waals surface area contributed by atoms with E-state index in [0.29, 0.717) is 6.61 Å². The third-order valence-electron chi connectivity index (χ3n) is 2.56. The maximum absolute atomic E-state index is 8.93. The van der Waals surface area contributed by atoms with Crippen LogP contribution >= 0.6 is 0 Å². The van der Waals surface area contributed by atoms with Crippen molar-refractivity contribution in [1.29, 1.82) is 0 Å². The monoisotopic (exact) mass is 229 g/mol. The first-order valence-electron chi connectivity index (χ1n) is 5.52. The van der Waals surface area contributed by atoms with E-state index in [0.717, 1.165) is 22.6 Å². The highest BCUT2D eigenvalue weighted by atomic mass is 16.5. The van der Waals surface area contributed by atoms with Gasteiger partial charge in [0.1, 0.15) is 12.4 Å². The predicted molar refractivity (Wildman–Crippen MR) is 65.7 cm³/mol. The van der Waals surface area contributed by atoms with Gasteiger partial charge in [-0.1, -0.05) is 24.3 Å². The maximum Gasteiger partial charge on any atom is 0.141 e. The van der Waals surface area contributed by atoms with Crippen molar-refractivity contribution in [3.63, 3.8) is 0 Å². The molecule has 0 radical (unpaired) electrons. The highest BCUT2D eigenvalue weighted by molar-refractivity contribution is 5.27. The first kappa shape index (κ1) is 11.6. The second kappa shape index (κ2) is 5.46. The number of hydrogen-bond donors (Lipinski definition) is 1. The number of nitrogens with zero attached hydrogens (tertiary/aromatic N) is 1. The molecule has 1 N–H and O–H groups in total. The third-order valence-corrected chi connectivity index (χ3v) is 2.56. The van der Waals surface area contributed by atoms with Crippen molar-refractivity contribution in [2.24, 2.45) is 0 Å². The molecule has 3 heteroatoms. The highest BCUT2D eigenvalue weighted by Gasteiger charge is 2.00. The van der Waals surface area contributed by atoms with Crippen LogP contribution in [0.25, 0.3) is 0 Å². The van der Waals surface area contributed by atoms with Gasteiger partial charge in [-0.25, -0.2) is 0 Å². The van der Waals surface area contributed by atoms with Gasteiger partial charge in [0, 0.05) is 6.20 Å². The Labute approximate surface area is 101 Å². The maximum atomic E-state index is 8.93. The van der Waals surface area contributed by atoms with Gasteiger partial charge in [0.15, 0.2) is 0 Å². The first-order valence-corrected chi connectivity index (χ1v) is 5.52. The van der Waals surface area contributed by atoms with E-state index in [1.807, 2.05) is 43.3 Å². The average molecular weight is 229 g/mol. The fourth-order valence-electron chi connectivity index (χ4n) is 1.52. The molecule has 17 heavy (non-hydrogen) atoms. The van der Waals surface area contributed by atoms with Gasteiger partial charge in [0.2, 0.25) is 0 Å². The summed E-state index contributed by atoms with van der Waals surface area (Å²) >= 11 is 0. The zero-order valence-corrected chi connectivity index (χ0v) is 9.76. The molecule has 0 amide bonds. The van der Waals surface area contributed by atoms with E-state index in [9.17, 15) is 0 Å². The van der Waals surface area contributed by atoms with Gasteiger partial charge in [-0.15, -0.1) is 0 Å². The molecule has 2 aromatic rings. The van der Waals surface area contributed by atoms with Crippen molar-refractivity contribution < 1.29 is 9.84 Å². The average Bonchev–Trinajstić information content (AvgIpc) is 2.38. The molecule has 0 aliphatic carbocycles. The zero-order chi connectivity index (χ0) is 12.1. The number of aliphatic hydroxyl groups excluding tert-OH is 1. The van der Waals surface area contributed by atoms with Gasteiger partial charge in [-0.3, -0.25) is 4.98 Å². The van der Waals surface area contributed by atoms with Gasteiger partial charge < -0.3 is 9.84 Å². The fourth-order valence-corrected chi connectivity index (χ4v) is 1.52. The first-order chi connectivity index (χ1) is 8.29. The number of hydrogen-bond acceptors (Lipinski definition) is 3.